The van der Waals surface area contributed by atoms with E-state index in [-0.39, 0.29) is 4.90 Å². The molecule has 1 aliphatic rings. The molecule has 4 nitrogen and oxygen atoms in total. The lowest BCUT2D eigenvalue weighted by Crippen LogP contribution is -2.19. The summed E-state index contributed by atoms with van der Waals surface area (Å²) >= 11 is 0. The van der Waals surface area contributed by atoms with Gasteiger partial charge in [0.2, 0.25) is 0 Å². The minimum absolute atomic E-state index is 0.199. The van der Waals surface area contributed by atoms with E-state index >= 15 is 0 Å². The van der Waals surface area contributed by atoms with E-state index in [1.807, 2.05) is 0 Å². The molecule has 1 heterocycles. The lowest BCUT2D eigenvalue weighted by molar-refractivity contribution is 0.0480. The van der Waals surface area contributed by atoms with Crippen molar-refractivity contribution in [3.63, 3.8) is 0 Å². The van der Waals surface area contributed by atoms with Gasteiger partial charge in [-0.1, -0.05) is 6.07 Å². The second-order valence-electron chi connectivity index (χ2n) is 3.93. The number of hydrogen-bond acceptors (Lipinski definition) is 4. The molecule has 0 aliphatic carbocycles. The van der Waals surface area contributed by atoms with Gasteiger partial charge in [0, 0.05) is 12.7 Å². The van der Waals surface area contributed by atoms with Crippen LogP contribution >= 0.6 is 0 Å². The molecule has 0 spiro atoms. The molecule has 0 saturated carbocycles. The van der Waals surface area contributed by atoms with Gasteiger partial charge < -0.3 is 4.74 Å². The van der Waals surface area contributed by atoms with Gasteiger partial charge in [-0.25, -0.2) is 13.2 Å². The molecule has 1 aliphatic heterocycles. The monoisotopic (exact) mass is 240 g/mol. The zero-order valence-corrected chi connectivity index (χ0v) is 9.93. The molecule has 0 aromatic heterocycles. The van der Waals surface area contributed by atoms with Crippen LogP contribution in [0.15, 0.2) is 17.0 Å². The maximum atomic E-state index is 11.5. The largest absolute Gasteiger partial charge is 0.462 e. The number of benzene rings is 1. The maximum absolute atomic E-state index is 11.5. The van der Waals surface area contributed by atoms with Crippen LogP contribution in [0.4, 0.5) is 0 Å². The SMILES string of the molecule is Cc1cc2c(cc1S(C)(=O)=O)C(=O)OCC2. The summed E-state index contributed by atoms with van der Waals surface area (Å²) in [7, 11) is -3.30. The summed E-state index contributed by atoms with van der Waals surface area (Å²) < 4.78 is 27.9. The molecule has 0 N–H and O–H groups in total. The predicted octanol–water partition coefficient (Wildman–Crippen LogP) is 1.11. The van der Waals surface area contributed by atoms with Crippen molar-refractivity contribution in [2.24, 2.45) is 0 Å². The van der Waals surface area contributed by atoms with Crippen molar-refractivity contribution < 1.29 is 17.9 Å². The molecular formula is C11H12O4S. The number of carbonyl (C=O) groups excluding carboxylic acids is 1. The molecule has 0 bridgehead atoms. The molecule has 86 valence electrons. The number of hydrogen-bond donors (Lipinski definition) is 0. The van der Waals surface area contributed by atoms with Gasteiger partial charge in [0.1, 0.15) is 0 Å². The minimum atomic E-state index is -3.30. The average Bonchev–Trinajstić information content (AvgIpc) is 2.15. The Bertz CT molecular complexity index is 558. The van der Waals surface area contributed by atoms with E-state index in [2.05, 4.69) is 0 Å². The van der Waals surface area contributed by atoms with Crippen LogP contribution < -0.4 is 0 Å². The van der Waals surface area contributed by atoms with Gasteiger partial charge in [0.25, 0.3) is 0 Å². The highest BCUT2D eigenvalue weighted by Crippen LogP contribution is 2.24. The van der Waals surface area contributed by atoms with Crippen molar-refractivity contribution in [3.8, 4) is 0 Å². The molecule has 0 atom stereocenters. The first-order valence-corrected chi connectivity index (χ1v) is 6.79. The lowest BCUT2D eigenvalue weighted by atomic mass is 10.0. The van der Waals surface area contributed by atoms with Gasteiger partial charge in [0.05, 0.1) is 17.1 Å². The molecule has 0 amide bonds. The number of sulfone groups is 1. The van der Waals surface area contributed by atoms with Gasteiger partial charge in [0.15, 0.2) is 9.84 Å². The van der Waals surface area contributed by atoms with Crippen molar-refractivity contribution in [2.45, 2.75) is 18.2 Å². The molecule has 5 heteroatoms. The summed E-state index contributed by atoms with van der Waals surface area (Å²) in [4.78, 5) is 11.7. The summed E-state index contributed by atoms with van der Waals surface area (Å²) in [5, 5.41) is 0. The molecule has 16 heavy (non-hydrogen) atoms. The first kappa shape index (κ1) is 11.1. The minimum Gasteiger partial charge on any atom is -0.462 e. The Labute approximate surface area is 94.2 Å². The third kappa shape index (κ3) is 1.82. The van der Waals surface area contributed by atoms with Crippen LogP contribution in [0.5, 0.6) is 0 Å². The third-order valence-corrected chi connectivity index (χ3v) is 3.86. The number of ether oxygens (including phenoxy) is 1. The van der Waals surface area contributed by atoms with E-state index in [0.29, 0.717) is 24.2 Å². The Morgan fingerprint density at radius 2 is 2.00 bits per heavy atom. The summed E-state index contributed by atoms with van der Waals surface area (Å²) in [6.07, 6.45) is 1.78. The zero-order valence-electron chi connectivity index (χ0n) is 9.11. The second kappa shape index (κ2) is 3.59. The van der Waals surface area contributed by atoms with Crippen LogP contribution in [0.25, 0.3) is 0 Å². The molecule has 0 unspecified atom stereocenters. The van der Waals surface area contributed by atoms with Crippen molar-refractivity contribution in [1.29, 1.82) is 0 Å². The second-order valence-corrected chi connectivity index (χ2v) is 5.92. The Hall–Kier alpha value is -1.36. The Balaban J connectivity index is 2.68. The van der Waals surface area contributed by atoms with Gasteiger partial charge in [-0.3, -0.25) is 0 Å². The van der Waals surface area contributed by atoms with Crippen LogP contribution in [0.3, 0.4) is 0 Å². The van der Waals surface area contributed by atoms with Gasteiger partial charge in [-0.2, -0.15) is 0 Å². The van der Waals surface area contributed by atoms with Crippen LogP contribution in [0.1, 0.15) is 21.5 Å². The molecule has 1 aromatic rings. The van der Waals surface area contributed by atoms with Crippen LogP contribution in [-0.4, -0.2) is 27.2 Å². The Morgan fingerprint density at radius 1 is 1.31 bits per heavy atom. The molecule has 0 radical (unpaired) electrons. The third-order valence-electron chi connectivity index (χ3n) is 2.62. The predicted molar refractivity (Wildman–Crippen MR) is 58.3 cm³/mol. The zero-order chi connectivity index (χ0) is 11.9. The van der Waals surface area contributed by atoms with E-state index in [1.54, 1.807) is 13.0 Å². The van der Waals surface area contributed by atoms with Gasteiger partial charge >= 0.3 is 5.97 Å². The number of esters is 1. The highest BCUT2D eigenvalue weighted by molar-refractivity contribution is 7.90. The first-order valence-electron chi connectivity index (χ1n) is 4.90. The lowest BCUT2D eigenvalue weighted by Gasteiger charge is -2.17. The quantitative estimate of drug-likeness (QED) is 0.690. The smallest absolute Gasteiger partial charge is 0.338 e. The summed E-state index contributed by atoms with van der Waals surface area (Å²) in [5.41, 5.74) is 1.91. The molecule has 2 rings (SSSR count). The highest BCUT2D eigenvalue weighted by Gasteiger charge is 2.22. The van der Waals surface area contributed by atoms with Crippen molar-refractivity contribution >= 4 is 15.8 Å². The molecule has 1 aromatic carbocycles. The van der Waals surface area contributed by atoms with Crippen molar-refractivity contribution in [1.82, 2.24) is 0 Å². The summed E-state index contributed by atoms with van der Waals surface area (Å²) in [6, 6.07) is 3.17. The number of aryl methyl sites for hydroxylation is 1. The van der Waals surface area contributed by atoms with E-state index in [4.69, 9.17) is 4.74 Å². The van der Waals surface area contributed by atoms with Crippen LogP contribution in [0, 0.1) is 6.92 Å². The number of fused-ring (bicyclic) bond motifs is 1. The first-order chi connectivity index (χ1) is 7.39. The van der Waals surface area contributed by atoms with Gasteiger partial charge in [-0.05, 0) is 24.1 Å². The molecule has 0 saturated heterocycles. The fraction of sp³-hybridized carbons (Fsp3) is 0.364. The normalized spacial score (nSPS) is 15.5. The van der Waals surface area contributed by atoms with E-state index < -0.39 is 15.8 Å². The maximum Gasteiger partial charge on any atom is 0.338 e. The summed E-state index contributed by atoms with van der Waals surface area (Å²) in [6.45, 7) is 2.10. The Morgan fingerprint density at radius 3 is 2.62 bits per heavy atom. The molecule has 0 fully saturated rings. The topological polar surface area (TPSA) is 60.4 Å². The fourth-order valence-corrected chi connectivity index (χ4v) is 2.85. The fourth-order valence-electron chi connectivity index (χ4n) is 1.88. The van der Waals surface area contributed by atoms with Crippen LogP contribution in [-0.2, 0) is 21.0 Å². The summed E-state index contributed by atoms with van der Waals surface area (Å²) in [5.74, 6) is -0.439. The van der Waals surface area contributed by atoms with E-state index in [0.717, 1.165) is 11.8 Å². The van der Waals surface area contributed by atoms with Gasteiger partial charge in [-0.15, -0.1) is 0 Å². The van der Waals surface area contributed by atoms with E-state index in [9.17, 15) is 13.2 Å². The Kier molecular flexibility index (Phi) is 2.50. The van der Waals surface area contributed by atoms with Crippen LogP contribution in [0.2, 0.25) is 0 Å². The van der Waals surface area contributed by atoms with Crippen molar-refractivity contribution in [3.05, 3.63) is 28.8 Å². The number of rotatable bonds is 1. The highest BCUT2D eigenvalue weighted by atomic mass is 32.2. The molecular weight excluding hydrogens is 228 g/mol. The average molecular weight is 240 g/mol. The standard InChI is InChI=1S/C11H12O4S/c1-7-5-8-3-4-15-11(12)9(8)6-10(7)16(2,13)14/h5-6H,3-4H2,1-2H3. The number of carbonyl (C=O) groups is 1. The number of cyclic esters (lactones) is 1. The van der Waals surface area contributed by atoms with Crippen molar-refractivity contribution in [2.75, 3.05) is 12.9 Å². The van der Waals surface area contributed by atoms with E-state index in [1.165, 1.54) is 6.07 Å².